The Hall–Kier alpha value is -0.653. The SMILES string of the molecule is CC(C)[Si](OC1CCN(N2C=CCC2=O)CC1)(C(C)C)C(C)C. The third-order valence-electron chi connectivity index (χ3n) is 5.60. The second-order valence-electron chi connectivity index (χ2n) is 7.92. The highest BCUT2D eigenvalue weighted by Crippen LogP contribution is 2.43. The van der Waals surface area contributed by atoms with Gasteiger partial charge in [-0.05, 0) is 29.5 Å². The third-order valence-corrected chi connectivity index (χ3v) is 11.8. The van der Waals surface area contributed by atoms with Crippen LogP contribution in [0.5, 0.6) is 0 Å². The van der Waals surface area contributed by atoms with Crippen LogP contribution >= 0.6 is 0 Å². The van der Waals surface area contributed by atoms with Gasteiger partial charge in [0.05, 0.1) is 0 Å². The van der Waals surface area contributed by atoms with E-state index in [9.17, 15) is 4.79 Å². The van der Waals surface area contributed by atoms with Crippen molar-refractivity contribution in [2.45, 2.75) is 83.5 Å². The first-order valence-electron chi connectivity index (χ1n) is 9.20. The molecule has 2 rings (SSSR count). The number of nitrogens with zero attached hydrogens (tertiary/aromatic N) is 2. The minimum Gasteiger partial charge on any atom is -0.413 e. The van der Waals surface area contributed by atoms with Crippen LogP contribution in [0.25, 0.3) is 0 Å². The summed E-state index contributed by atoms with van der Waals surface area (Å²) in [6.07, 6.45) is 6.81. The molecule has 0 N–H and O–H groups in total. The van der Waals surface area contributed by atoms with Crippen molar-refractivity contribution in [2.75, 3.05) is 13.1 Å². The summed E-state index contributed by atoms with van der Waals surface area (Å²) < 4.78 is 6.89. The van der Waals surface area contributed by atoms with Gasteiger partial charge in [0.15, 0.2) is 0 Å². The number of carbonyl (C=O) groups excluding carboxylic acids is 1. The van der Waals surface area contributed by atoms with Crippen LogP contribution in [-0.2, 0) is 9.22 Å². The molecule has 1 saturated heterocycles. The Morgan fingerprint density at radius 3 is 1.96 bits per heavy atom. The number of carbonyl (C=O) groups is 1. The Morgan fingerprint density at radius 1 is 1.04 bits per heavy atom. The molecule has 5 heteroatoms. The van der Waals surface area contributed by atoms with Crippen molar-refractivity contribution in [3.8, 4) is 0 Å². The number of hydrazine groups is 1. The lowest BCUT2D eigenvalue weighted by atomic mass is 10.1. The molecular formula is C18H34N2O2Si. The molecule has 2 aliphatic rings. The topological polar surface area (TPSA) is 32.8 Å². The van der Waals surface area contributed by atoms with Gasteiger partial charge in [-0.15, -0.1) is 0 Å². The molecular weight excluding hydrogens is 304 g/mol. The van der Waals surface area contributed by atoms with Crippen LogP contribution < -0.4 is 0 Å². The average molecular weight is 339 g/mol. The standard InChI is InChI=1S/C18H34N2O2Si/c1-14(2)23(15(3)4,16(5)6)22-17-9-12-19(13-10-17)20-11-7-8-18(20)21/h7,11,14-17H,8-10,12-13H2,1-6H3. The summed E-state index contributed by atoms with van der Waals surface area (Å²) in [4.78, 5) is 11.8. The molecule has 2 aliphatic heterocycles. The highest BCUT2D eigenvalue weighted by atomic mass is 28.4. The zero-order valence-corrected chi connectivity index (χ0v) is 16.7. The molecule has 0 bridgehead atoms. The van der Waals surface area contributed by atoms with Crippen LogP contribution in [0.1, 0.15) is 60.8 Å². The maximum atomic E-state index is 11.8. The van der Waals surface area contributed by atoms with Gasteiger partial charge >= 0.3 is 0 Å². The summed E-state index contributed by atoms with van der Waals surface area (Å²) in [5.74, 6) is 0.194. The molecule has 0 radical (unpaired) electrons. The van der Waals surface area contributed by atoms with Gasteiger partial charge in [0, 0.05) is 31.8 Å². The number of piperidine rings is 1. The fourth-order valence-electron chi connectivity index (χ4n) is 4.55. The summed E-state index contributed by atoms with van der Waals surface area (Å²) in [5, 5.41) is 3.98. The zero-order chi connectivity index (χ0) is 17.2. The fraction of sp³-hybridized carbons (Fsp3) is 0.833. The first-order chi connectivity index (χ1) is 10.8. The van der Waals surface area contributed by atoms with Crippen LogP contribution in [0.4, 0.5) is 0 Å². The minimum absolute atomic E-state index is 0.194. The van der Waals surface area contributed by atoms with Gasteiger partial charge in [-0.1, -0.05) is 47.6 Å². The van der Waals surface area contributed by atoms with Crippen LogP contribution in [-0.4, -0.2) is 43.4 Å². The molecule has 23 heavy (non-hydrogen) atoms. The molecule has 0 atom stereocenters. The minimum atomic E-state index is -1.80. The van der Waals surface area contributed by atoms with E-state index in [-0.39, 0.29) is 5.91 Å². The maximum absolute atomic E-state index is 11.8. The Labute approximate surface area is 143 Å². The summed E-state index contributed by atoms with van der Waals surface area (Å²) in [5.41, 5.74) is 1.89. The van der Waals surface area contributed by atoms with Gasteiger partial charge < -0.3 is 4.43 Å². The van der Waals surface area contributed by atoms with Gasteiger partial charge in [-0.2, -0.15) is 0 Å². The number of rotatable bonds is 6. The van der Waals surface area contributed by atoms with E-state index in [1.165, 1.54) is 0 Å². The lowest BCUT2D eigenvalue weighted by Gasteiger charge is -2.46. The van der Waals surface area contributed by atoms with Gasteiger partial charge in [-0.3, -0.25) is 9.80 Å². The van der Waals surface area contributed by atoms with Crippen molar-refractivity contribution >= 4 is 14.2 Å². The van der Waals surface area contributed by atoms with Crippen molar-refractivity contribution in [2.24, 2.45) is 0 Å². The molecule has 1 amide bonds. The number of hydrogen-bond acceptors (Lipinski definition) is 3. The highest BCUT2D eigenvalue weighted by molar-refractivity contribution is 6.77. The van der Waals surface area contributed by atoms with Gasteiger partial charge in [0.25, 0.3) is 0 Å². The summed E-state index contributed by atoms with van der Waals surface area (Å²) >= 11 is 0. The van der Waals surface area contributed by atoms with Crippen LogP contribution in [0.3, 0.4) is 0 Å². The Bertz CT molecular complexity index is 419. The molecule has 0 spiro atoms. The Kier molecular flexibility index (Phi) is 6.08. The second kappa shape index (κ2) is 7.49. The average Bonchev–Trinajstić information content (AvgIpc) is 2.90. The summed E-state index contributed by atoms with van der Waals surface area (Å²) in [6, 6.07) is 0. The highest BCUT2D eigenvalue weighted by Gasteiger charge is 2.47. The molecule has 0 saturated carbocycles. The van der Waals surface area contributed by atoms with Crippen LogP contribution in [0.15, 0.2) is 12.3 Å². The Balaban J connectivity index is 1.99. The van der Waals surface area contributed by atoms with Gasteiger partial charge in [-0.25, -0.2) is 5.01 Å². The number of hydrogen-bond donors (Lipinski definition) is 0. The zero-order valence-electron chi connectivity index (χ0n) is 15.7. The largest absolute Gasteiger partial charge is 0.413 e. The molecule has 2 heterocycles. The normalized spacial score (nSPS) is 21.4. The molecule has 0 aromatic heterocycles. The van der Waals surface area contributed by atoms with Crippen molar-refractivity contribution in [1.82, 2.24) is 10.0 Å². The van der Waals surface area contributed by atoms with Crippen molar-refractivity contribution in [1.29, 1.82) is 0 Å². The van der Waals surface area contributed by atoms with E-state index < -0.39 is 8.32 Å². The van der Waals surface area contributed by atoms with E-state index in [1.54, 1.807) is 5.01 Å². The smallest absolute Gasteiger partial charge is 0.244 e. The second-order valence-corrected chi connectivity index (χ2v) is 13.3. The number of amides is 1. The molecule has 0 aromatic rings. The molecule has 1 fully saturated rings. The van der Waals surface area contributed by atoms with E-state index in [2.05, 4.69) is 46.6 Å². The summed E-state index contributed by atoms with van der Waals surface area (Å²) in [6.45, 7) is 15.9. The predicted molar refractivity (Wildman–Crippen MR) is 97.3 cm³/mol. The van der Waals surface area contributed by atoms with Crippen molar-refractivity contribution in [3.63, 3.8) is 0 Å². The van der Waals surface area contributed by atoms with Gasteiger partial charge in [0.1, 0.15) is 0 Å². The lowest BCUT2D eigenvalue weighted by molar-refractivity contribution is -0.142. The molecule has 0 unspecified atom stereocenters. The molecule has 0 aliphatic carbocycles. The van der Waals surface area contributed by atoms with E-state index in [4.69, 9.17) is 4.43 Å². The summed E-state index contributed by atoms with van der Waals surface area (Å²) in [7, 11) is -1.80. The fourth-order valence-corrected chi connectivity index (χ4v) is 10.2. The van der Waals surface area contributed by atoms with E-state index >= 15 is 0 Å². The first-order valence-corrected chi connectivity index (χ1v) is 11.3. The van der Waals surface area contributed by atoms with Crippen molar-refractivity contribution in [3.05, 3.63) is 12.3 Å². The quantitative estimate of drug-likeness (QED) is 0.677. The Morgan fingerprint density at radius 2 is 1.57 bits per heavy atom. The van der Waals surface area contributed by atoms with Crippen molar-refractivity contribution < 1.29 is 9.22 Å². The predicted octanol–water partition coefficient (Wildman–Crippen LogP) is 4.30. The molecule has 132 valence electrons. The molecule has 4 nitrogen and oxygen atoms in total. The third kappa shape index (κ3) is 3.72. The van der Waals surface area contributed by atoms with E-state index in [1.807, 2.05) is 12.3 Å². The van der Waals surface area contributed by atoms with Gasteiger partial charge in [0.2, 0.25) is 14.2 Å². The lowest BCUT2D eigenvalue weighted by Crippen LogP contribution is -2.53. The monoisotopic (exact) mass is 338 g/mol. The van der Waals surface area contributed by atoms with Crippen LogP contribution in [0, 0.1) is 0 Å². The maximum Gasteiger partial charge on any atom is 0.244 e. The van der Waals surface area contributed by atoms with E-state index in [0.717, 1.165) is 25.9 Å². The van der Waals surface area contributed by atoms with Crippen LogP contribution in [0.2, 0.25) is 16.6 Å². The van der Waals surface area contributed by atoms with E-state index in [0.29, 0.717) is 29.1 Å². The first kappa shape index (κ1) is 18.7. The molecule has 0 aromatic carbocycles.